The zero-order valence-electron chi connectivity index (χ0n) is 22.3. The molecule has 3 heterocycles. The quantitative estimate of drug-likeness (QED) is 0.524. The maximum Gasteiger partial charge on any atom is 0.417 e. The van der Waals surface area contributed by atoms with Gasteiger partial charge < -0.3 is 15.3 Å². The van der Waals surface area contributed by atoms with Gasteiger partial charge in [-0.1, -0.05) is 13.8 Å². The van der Waals surface area contributed by atoms with E-state index in [0.717, 1.165) is 54.3 Å². The van der Waals surface area contributed by atoms with Crippen LogP contribution in [-0.4, -0.2) is 44.5 Å². The molecule has 2 aromatic rings. The standard InChI is InChI=1S/C28H37F3N4O2S/c1-17(2)26(25(36)35-11-7-23-19(16-35)12-20(14-33-23)28(29,30)31)8-4-22(13-26)34-21-5-9-27(37,10-6-21)24-15-32-18(3)38-24/h12,14-15,17,21-22,34,37H,4-11,13,16H2,1-3H3/t21?,22-,26+,27?/m1/s1. The van der Waals surface area contributed by atoms with Crippen molar-refractivity contribution < 1.29 is 23.1 Å². The summed E-state index contributed by atoms with van der Waals surface area (Å²) >= 11 is 1.56. The van der Waals surface area contributed by atoms with Crippen LogP contribution in [0, 0.1) is 18.3 Å². The maximum atomic E-state index is 14.0. The molecule has 3 aliphatic rings. The number of thiazole rings is 1. The number of carbonyl (C=O) groups excluding carboxylic acids is 1. The Morgan fingerprint density at radius 3 is 2.50 bits per heavy atom. The largest absolute Gasteiger partial charge is 0.417 e. The van der Waals surface area contributed by atoms with E-state index in [1.165, 1.54) is 0 Å². The molecule has 2 aromatic heterocycles. The fraction of sp³-hybridized carbons (Fsp3) is 0.679. The highest BCUT2D eigenvalue weighted by atomic mass is 32.1. The van der Waals surface area contributed by atoms with Gasteiger partial charge in [-0.15, -0.1) is 11.3 Å². The summed E-state index contributed by atoms with van der Waals surface area (Å²) in [4.78, 5) is 25.0. The Kier molecular flexibility index (Phi) is 7.37. The molecule has 10 heteroatoms. The lowest BCUT2D eigenvalue weighted by atomic mass is 9.73. The van der Waals surface area contributed by atoms with E-state index < -0.39 is 22.8 Å². The van der Waals surface area contributed by atoms with Crippen LogP contribution in [-0.2, 0) is 29.5 Å². The van der Waals surface area contributed by atoms with Crippen molar-refractivity contribution in [2.24, 2.45) is 11.3 Å². The Morgan fingerprint density at radius 1 is 1.16 bits per heavy atom. The van der Waals surface area contributed by atoms with Crippen molar-refractivity contribution in [2.75, 3.05) is 6.54 Å². The highest BCUT2D eigenvalue weighted by Gasteiger charge is 2.50. The second-order valence-corrected chi connectivity index (χ2v) is 13.0. The summed E-state index contributed by atoms with van der Waals surface area (Å²) in [6, 6.07) is 1.65. The number of fused-ring (bicyclic) bond motifs is 1. The van der Waals surface area contributed by atoms with E-state index in [0.29, 0.717) is 43.1 Å². The van der Waals surface area contributed by atoms with E-state index in [1.807, 2.05) is 6.92 Å². The molecule has 2 aliphatic carbocycles. The number of aromatic nitrogens is 2. The Morgan fingerprint density at radius 2 is 1.87 bits per heavy atom. The lowest BCUT2D eigenvalue weighted by molar-refractivity contribution is -0.146. The van der Waals surface area contributed by atoms with E-state index in [2.05, 4.69) is 29.1 Å². The van der Waals surface area contributed by atoms with Crippen molar-refractivity contribution in [3.63, 3.8) is 0 Å². The van der Waals surface area contributed by atoms with Gasteiger partial charge in [0.2, 0.25) is 5.91 Å². The van der Waals surface area contributed by atoms with Gasteiger partial charge in [-0.3, -0.25) is 9.78 Å². The molecular weight excluding hydrogens is 513 g/mol. The Bertz CT molecular complexity index is 1180. The van der Waals surface area contributed by atoms with Crippen LogP contribution in [0.15, 0.2) is 18.5 Å². The summed E-state index contributed by atoms with van der Waals surface area (Å²) in [5.41, 5.74) is -0.948. The summed E-state index contributed by atoms with van der Waals surface area (Å²) in [6.45, 7) is 6.77. The minimum Gasteiger partial charge on any atom is -0.384 e. The third-order valence-electron chi connectivity index (χ3n) is 9.10. The summed E-state index contributed by atoms with van der Waals surface area (Å²) in [5.74, 6) is 0.173. The fourth-order valence-corrected chi connectivity index (χ4v) is 7.59. The van der Waals surface area contributed by atoms with E-state index in [4.69, 9.17) is 0 Å². The number of nitrogens with one attached hydrogen (secondary N) is 1. The number of rotatable bonds is 5. The minimum atomic E-state index is -4.45. The molecule has 5 rings (SSSR count). The Hall–Kier alpha value is -2.04. The van der Waals surface area contributed by atoms with Crippen molar-refractivity contribution in [3.8, 4) is 0 Å². The van der Waals surface area contributed by atoms with Gasteiger partial charge in [-0.2, -0.15) is 13.2 Å². The van der Waals surface area contributed by atoms with Crippen LogP contribution in [0.5, 0.6) is 0 Å². The first-order valence-electron chi connectivity index (χ1n) is 13.7. The van der Waals surface area contributed by atoms with Crippen LogP contribution < -0.4 is 5.32 Å². The van der Waals surface area contributed by atoms with Crippen LogP contribution in [0.25, 0.3) is 0 Å². The molecule has 38 heavy (non-hydrogen) atoms. The molecule has 0 unspecified atom stereocenters. The summed E-state index contributed by atoms with van der Waals surface area (Å²) < 4.78 is 39.7. The smallest absolute Gasteiger partial charge is 0.384 e. The number of nitrogens with zero attached hydrogens (tertiary/aromatic N) is 3. The number of alkyl halides is 3. The van der Waals surface area contributed by atoms with Crippen molar-refractivity contribution >= 4 is 17.2 Å². The molecule has 1 amide bonds. The van der Waals surface area contributed by atoms with Crippen molar-refractivity contribution in [1.82, 2.24) is 20.2 Å². The molecular formula is C28H37F3N4O2S. The van der Waals surface area contributed by atoms with Crippen molar-refractivity contribution in [1.29, 1.82) is 0 Å². The van der Waals surface area contributed by atoms with Gasteiger partial charge in [-0.05, 0) is 69.4 Å². The number of hydrogen-bond donors (Lipinski definition) is 2. The van der Waals surface area contributed by atoms with E-state index in [1.54, 1.807) is 22.4 Å². The van der Waals surface area contributed by atoms with Crippen molar-refractivity contribution in [3.05, 3.63) is 45.2 Å². The third kappa shape index (κ3) is 5.23. The zero-order chi connectivity index (χ0) is 27.3. The number of aliphatic hydroxyl groups is 1. The van der Waals surface area contributed by atoms with Gasteiger partial charge in [0.25, 0.3) is 0 Å². The predicted molar refractivity (Wildman–Crippen MR) is 139 cm³/mol. The topological polar surface area (TPSA) is 78.4 Å². The average Bonchev–Trinajstić information content (AvgIpc) is 3.51. The molecule has 0 spiro atoms. The monoisotopic (exact) mass is 550 g/mol. The molecule has 0 saturated heterocycles. The van der Waals surface area contributed by atoms with Gasteiger partial charge >= 0.3 is 6.18 Å². The molecule has 2 saturated carbocycles. The number of halogens is 3. The summed E-state index contributed by atoms with van der Waals surface area (Å²) in [5, 5.41) is 15.9. The third-order valence-corrected chi connectivity index (χ3v) is 10.2. The van der Waals surface area contributed by atoms with Crippen LogP contribution in [0.3, 0.4) is 0 Å². The second-order valence-electron chi connectivity index (χ2n) is 11.8. The van der Waals surface area contributed by atoms with E-state index in [-0.39, 0.29) is 24.4 Å². The Labute approximate surface area is 226 Å². The van der Waals surface area contributed by atoms with Crippen LogP contribution in [0.4, 0.5) is 13.2 Å². The first kappa shape index (κ1) is 27.5. The maximum absolute atomic E-state index is 14.0. The second kappa shape index (κ2) is 10.2. The number of aryl methyl sites for hydroxylation is 1. The fourth-order valence-electron chi connectivity index (χ4n) is 6.67. The molecule has 2 atom stereocenters. The summed E-state index contributed by atoms with van der Waals surface area (Å²) in [6.07, 6.45) is 4.20. The molecule has 0 aromatic carbocycles. The number of carbonyl (C=O) groups is 1. The highest BCUT2D eigenvalue weighted by molar-refractivity contribution is 7.11. The van der Waals surface area contributed by atoms with Gasteiger partial charge in [0, 0.05) is 49.7 Å². The molecule has 1 aliphatic heterocycles. The molecule has 0 bridgehead atoms. The van der Waals surface area contributed by atoms with E-state index >= 15 is 0 Å². The van der Waals surface area contributed by atoms with Gasteiger partial charge in [0.1, 0.15) is 5.60 Å². The minimum absolute atomic E-state index is 0.0541. The lowest BCUT2D eigenvalue weighted by Crippen LogP contribution is -2.49. The molecule has 0 radical (unpaired) electrons. The first-order chi connectivity index (χ1) is 17.9. The predicted octanol–water partition coefficient (Wildman–Crippen LogP) is 5.36. The normalized spacial score (nSPS) is 30.1. The average molecular weight is 551 g/mol. The summed E-state index contributed by atoms with van der Waals surface area (Å²) in [7, 11) is 0. The first-order valence-corrected chi connectivity index (χ1v) is 14.5. The molecule has 2 fully saturated rings. The molecule has 2 N–H and O–H groups in total. The van der Waals surface area contributed by atoms with Gasteiger partial charge in [0.05, 0.1) is 20.9 Å². The SMILES string of the molecule is Cc1ncc(C2(O)CCC(N[C@@H]3CC[C@@](C(=O)N4CCc5ncc(C(F)(F)F)cc5C4)(C(C)C)C3)CC2)s1. The van der Waals surface area contributed by atoms with E-state index in [9.17, 15) is 23.1 Å². The van der Waals surface area contributed by atoms with Gasteiger partial charge in [-0.25, -0.2) is 4.98 Å². The molecule has 208 valence electrons. The van der Waals surface area contributed by atoms with Gasteiger partial charge in [0.15, 0.2) is 0 Å². The van der Waals surface area contributed by atoms with Crippen molar-refractivity contribution in [2.45, 2.75) is 103 Å². The number of hydrogen-bond acceptors (Lipinski definition) is 6. The highest BCUT2D eigenvalue weighted by Crippen LogP contribution is 2.47. The lowest BCUT2D eigenvalue weighted by Gasteiger charge is -2.40. The molecule has 6 nitrogen and oxygen atoms in total. The Balaban J connectivity index is 1.23. The number of pyridine rings is 1. The van der Waals surface area contributed by atoms with Crippen LogP contribution >= 0.6 is 11.3 Å². The van der Waals surface area contributed by atoms with Crippen LogP contribution in [0.2, 0.25) is 0 Å². The zero-order valence-corrected chi connectivity index (χ0v) is 23.1. The van der Waals surface area contributed by atoms with Crippen LogP contribution in [0.1, 0.15) is 85.5 Å². The number of amides is 1.